The molecule has 10 heteroatoms. The van der Waals surface area contributed by atoms with Crippen LogP contribution in [0.4, 0.5) is 0 Å². The van der Waals surface area contributed by atoms with Crippen LogP contribution < -0.4 is 0 Å². The summed E-state index contributed by atoms with van der Waals surface area (Å²) in [5.41, 5.74) is 0.886. The number of thioether (sulfide) groups is 1. The molecule has 1 amide bonds. The monoisotopic (exact) mass is 424 g/mol. The van der Waals surface area contributed by atoms with Gasteiger partial charge in [-0.15, -0.1) is 11.8 Å². The van der Waals surface area contributed by atoms with Gasteiger partial charge in [0.15, 0.2) is 0 Å². The molecular formula is C18H24N4O4S2. The third kappa shape index (κ3) is 5.19. The van der Waals surface area contributed by atoms with Crippen molar-refractivity contribution in [3.8, 4) is 0 Å². The topological polar surface area (TPSA) is 92.7 Å². The van der Waals surface area contributed by atoms with Crippen molar-refractivity contribution in [2.45, 2.75) is 11.4 Å². The lowest BCUT2D eigenvalue weighted by Crippen LogP contribution is -2.51. The maximum absolute atomic E-state index is 12.5. The second-order valence-corrected chi connectivity index (χ2v) is 9.55. The number of methoxy groups -OCH3 is 1. The quantitative estimate of drug-likeness (QED) is 0.589. The summed E-state index contributed by atoms with van der Waals surface area (Å²) in [6.07, 6.45) is 3.86. The van der Waals surface area contributed by atoms with Crippen LogP contribution in [0.1, 0.15) is 6.42 Å². The SMILES string of the molecule is COCCS(=O)(=O)N1CCN(C(=O)CCSc2nccc3ncccc23)CC1. The van der Waals surface area contributed by atoms with Crippen molar-refractivity contribution in [2.75, 3.05) is 51.4 Å². The van der Waals surface area contributed by atoms with Gasteiger partial charge in [0.25, 0.3) is 0 Å². The number of ether oxygens (including phenoxy) is 1. The number of piperazine rings is 1. The van der Waals surface area contributed by atoms with Crippen LogP contribution in [-0.2, 0) is 19.6 Å². The average molecular weight is 425 g/mol. The fraction of sp³-hybridized carbons (Fsp3) is 0.500. The lowest BCUT2D eigenvalue weighted by Gasteiger charge is -2.34. The number of nitrogens with zero attached hydrogens (tertiary/aromatic N) is 4. The van der Waals surface area contributed by atoms with Crippen molar-refractivity contribution in [3.05, 3.63) is 30.6 Å². The molecule has 0 N–H and O–H groups in total. The lowest BCUT2D eigenvalue weighted by atomic mass is 10.3. The Bertz CT molecular complexity index is 909. The minimum Gasteiger partial charge on any atom is -0.384 e. The van der Waals surface area contributed by atoms with Crippen molar-refractivity contribution in [1.82, 2.24) is 19.2 Å². The van der Waals surface area contributed by atoms with Gasteiger partial charge in [-0.25, -0.2) is 13.4 Å². The van der Waals surface area contributed by atoms with Crippen LogP contribution in [0, 0.1) is 0 Å². The number of rotatable bonds is 8. The molecule has 0 unspecified atom stereocenters. The zero-order chi connectivity index (χ0) is 20.0. The number of amides is 1. The molecule has 1 aliphatic rings. The molecule has 2 aromatic heterocycles. The fourth-order valence-electron chi connectivity index (χ4n) is 3.02. The van der Waals surface area contributed by atoms with Crippen molar-refractivity contribution in [2.24, 2.45) is 0 Å². The molecule has 3 heterocycles. The first kappa shape index (κ1) is 21.0. The molecule has 0 spiro atoms. The zero-order valence-corrected chi connectivity index (χ0v) is 17.4. The standard InChI is InChI=1S/C18H24N4O4S2/c1-26-12-14-28(24,25)22-10-8-21(9-11-22)17(23)5-13-27-18-15-3-2-6-19-16(15)4-7-20-18/h2-4,6-7H,5,8-14H2,1H3. The van der Waals surface area contributed by atoms with Crippen LogP contribution in [0.2, 0.25) is 0 Å². The molecule has 0 atom stereocenters. The van der Waals surface area contributed by atoms with Gasteiger partial charge in [-0.05, 0) is 18.2 Å². The molecule has 0 saturated carbocycles. The zero-order valence-electron chi connectivity index (χ0n) is 15.8. The summed E-state index contributed by atoms with van der Waals surface area (Å²) in [5, 5.41) is 1.85. The van der Waals surface area contributed by atoms with Gasteiger partial charge in [0.1, 0.15) is 5.03 Å². The molecule has 8 nitrogen and oxygen atoms in total. The van der Waals surface area contributed by atoms with E-state index in [0.717, 1.165) is 15.9 Å². The van der Waals surface area contributed by atoms with E-state index in [-0.39, 0.29) is 18.3 Å². The highest BCUT2D eigenvalue weighted by Crippen LogP contribution is 2.25. The van der Waals surface area contributed by atoms with Gasteiger partial charge in [-0.2, -0.15) is 4.31 Å². The largest absolute Gasteiger partial charge is 0.384 e. The lowest BCUT2D eigenvalue weighted by molar-refractivity contribution is -0.131. The van der Waals surface area contributed by atoms with Crippen LogP contribution in [0.25, 0.3) is 10.9 Å². The van der Waals surface area contributed by atoms with Gasteiger partial charge in [0, 0.05) is 63.2 Å². The molecule has 0 radical (unpaired) electrons. The minimum absolute atomic E-state index is 0.0268. The van der Waals surface area contributed by atoms with Gasteiger partial charge >= 0.3 is 0 Å². The normalized spacial score (nSPS) is 15.8. The van der Waals surface area contributed by atoms with Crippen molar-refractivity contribution in [3.63, 3.8) is 0 Å². The van der Waals surface area contributed by atoms with Crippen LogP contribution in [0.3, 0.4) is 0 Å². The summed E-state index contributed by atoms with van der Waals surface area (Å²) in [6, 6.07) is 5.72. The molecule has 28 heavy (non-hydrogen) atoms. The number of carbonyl (C=O) groups is 1. The third-order valence-corrected chi connectivity index (χ3v) is 7.42. The summed E-state index contributed by atoms with van der Waals surface area (Å²) in [5.74, 6) is 0.632. The number of aromatic nitrogens is 2. The number of hydrogen-bond acceptors (Lipinski definition) is 7. The molecule has 1 aliphatic heterocycles. The summed E-state index contributed by atoms with van der Waals surface area (Å²) in [6.45, 7) is 1.69. The Morgan fingerprint density at radius 3 is 2.71 bits per heavy atom. The fourth-order valence-corrected chi connectivity index (χ4v) is 5.31. The van der Waals surface area contributed by atoms with E-state index >= 15 is 0 Å². The summed E-state index contributed by atoms with van der Waals surface area (Å²) in [7, 11) is -1.84. The van der Waals surface area contributed by atoms with E-state index in [1.165, 1.54) is 23.2 Å². The maximum Gasteiger partial charge on any atom is 0.223 e. The maximum atomic E-state index is 12.5. The van der Waals surface area contributed by atoms with Gasteiger partial charge in [-0.3, -0.25) is 9.78 Å². The van der Waals surface area contributed by atoms with Crippen molar-refractivity contribution in [1.29, 1.82) is 0 Å². The second-order valence-electron chi connectivity index (χ2n) is 6.37. The first-order valence-corrected chi connectivity index (χ1v) is 11.7. The average Bonchev–Trinajstić information content (AvgIpc) is 2.72. The second kappa shape index (κ2) is 9.64. The number of carbonyl (C=O) groups excluding carboxylic acids is 1. The molecule has 2 aromatic rings. The highest BCUT2D eigenvalue weighted by atomic mass is 32.2. The molecular weight excluding hydrogens is 400 g/mol. The molecule has 3 rings (SSSR count). The summed E-state index contributed by atoms with van der Waals surface area (Å²) in [4.78, 5) is 22.9. The minimum atomic E-state index is -3.32. The number of fused-ring (bicyclic) bond motifs is 1. The Balaban J connectivity index is 1.47. The third-order valence-electron chi connectivity index (χ3n) is 4.58. The number of sulfonamides is 1. The Morgan fingerprint density at radius 2 is 1.96 bits per heavy atom. The van der Waals surface area contributed by atoms with Gasteiger partial charge in [0.05, 0.1) is 17.9 Å². The van der Waals surface area contributed by atoms with Crippen molar-refractivity contribution < 1.29 is 17.9 Å². The van der Waals surface area contributed by atoms with E-state index in [1.54, 1.807) is 17.3 Å². The molecule has 1 fully saturated rings. The molecule has 152 valence electrons. The predicted octanol–water partition coefficient (Wildman–Crippen LogP) is 1.23. The Hall–Kier alpha value is -1.75. The number of hydrogen-bond donors (Lipinski definition) is 0. The molecule has 1 saturated heterocycles. The molecule has 0 bridgehead atoms. The van der Waals surface area contributed by atoms with Crippen LogP contribution in [0.5, 0.6) is 0 Å². The van der Waals surface area contributed by atoms with Gasteiger partial charge in [-0.1, -0.05) is 0 Å². The molecule has 0 aromatic carbocycles. The highest BCUT2D eigenvalue weighted by molar-refractivity contribution is 7.99. The van der Waals surface area contributed by atoms with Gasteiger partial charge < -0.3 is 9.64 Å². The van der Waals surface area contributed by atoms with Crippen LogP contribution in [-0.4, -0.2) is 84.9 Å². The van der Waals surface area contributed by atoms with E-state index in [9.17, 15) is 13.2 Å². The Labute approximate surface area is 169 Å². The first-order valence-electron chi connectivity index (χ1n) is 9.08. The summed E-state index contributed by atoms with van der Waals surface area (Å²) >= 11 is 1.54. The van der Waals surface area contributed by atoms with Crippen LogP contribution in [0.15, 0.2) is 35.6 Å². The summed E-state index contributed by atoms with van der Waals surface area (Å²) < 4.78 is 30.7. The van der Waals surface area contributed by atoms with Crippen molar-refractivity contribution >= 4 is 38.6 Å². The first-order chi connectivity index (χ1) is 13.5. The van der Waals surface area contributed by atoms with E-state index in [2.05, 4.69) is 9.97 Å². The van der Waals surface area contributed by atoms with Gasteiger partial charge in [0.2, 0.25) is 15.9 Å². The highest BCUT2D eigenvalue weighted by Gasteiger charge is 2.28. The Kier molecular flexibility index (Phi) is 7.22. The smallest absolute Gasteiger partial charge is 0.223 e. The predicted molar refractivity (Wildman–Crippen MR) is 109 cm³/mol. The van der Waals surface area contributed by atoms with E-state index < -0.39 is 10.0 Å². The Morgan fingerprint density at radius 1 is 1.18 bits per heavy atom. The van der Waals surface area contributed by atoms with E-state index in [1.807, 2.05) is 18.2 Å². The molecule has 0 aliphatic carbocycles. The number of pyridine rings is 2. The van der Waals surface area contributed by atoms with Crippen LogP contribution >= 0.6 is 11.8 Å². The van der Waals surface area contributed by atoms with E-state index in [4.69, 9.17) is 4.74 Å². The van der Waals surface area contributed by atoms with E-state index in [0.29, 0.717) is 38.4 Å².